The van der Waals surface area contributed by atoms with Crippen LogP contribution in [0, 0.1) is 5.92 Å². The Kier molecular flexibility index (Phi) is 5.58. The van der Waals surface area contributed by atoms with E-state index in [4.69, 9.17) is 0 Å². The molecule has 1 N–H and O–H groups in total. The zero-order valence-corrected chi connectivity index (χ0v) is 14.0. The van der Waals surface area contributed by atoms with Crippen LogP contribution in [0.4, 0.5) is 0 Å². The van der Waals surface area contributed by atoms with Gasteiger partial charge in [-0.15, -0.1) is 0 Å². The van der Waals surface area contributed by atoms with Crippen LogP contribution in [0.25, 0.3) is 0 Å². The molecule has 0 aliphatic carbocycles. The molecule has 1 atom stereocenters. The Bertz CT molecular complexity index is 628. The molecule has 6 heteroatoms. The number of carbonyl (C=O) groups excluding carboxylic acids is 1. The van der Waals surface area contributed by atoms with Gasteiger partial charge in [-0.3, -0.25) is 4.79 Å². The number of nitrogens with one attached hydrogen (secondary N) is 1. The average Bonchev–Trinajstić information content (AvgIpc) is 2.52. The van der Waals surface area contributed by atoms with Crippen molar-refractivity contribution in [2.45, 2.75) is 24.7 Å². The Hall–Kier alpha value is -1.40. The van der Waals surface area contributed by atoms with Gasteiger partial charge in [-0.2, -0.15) is 0 Å². The average molecular weight is 324 g/mol. The van der Waals surface area contributed by atoms with E-state index in [-0.39, 0.29) is 10.8 Å². The van der Waals surface area contributed by atoms with Gasteiger partial charge in [0.05, 0.1) is 4.90 Å². The molecule has 1 saturated heterocycles. The number of sulfone groups is 1. The number of amides is 1. The SMILES string of the molecule is CCN1CCC[C@@H](CNC(=O)c2cccc(S(C)(=O)=O)c2)C1. The quantitative estimate of drug-likeness (QED) is 0.892. The number of hydrogen-bond acceptors (Lipinski definition) is 4. The smallest absolute Gasteiger partial charge is 0.251 e. The molecule has 0 radical (unpaired) electrons. The molecule has 1 amide bonds. The second-order valence-electron chi connectivity index (χ2n) is 5.91. The van der Waals surface area contributed by atoms with E-state index in [0.717, 1.165) is 38.7 Å². The molecular formula is C16H24N2O3S. The van der Waals surface area contributed by atoms with Crippen LogP contribution in [0.3, 0.4) is 0 Å². The summed E-state index contributed by atoms with van der Waals surface area (Å²) in [5.74, 6) is 0.259. The van der Waals surface area contributed by atoms with E-state index < -0.39 is 9.84 Å². The van der Waals surface area contributed by atoms with Gasteiger partial charge in [0.2, 0.25) is 0 Å². The summed E-state index contributed by atoms with van der Waals surface area (Å²) in [7, 11) is -3.29. The topological polar surface area (TPSA) is 66.5 Å². The second-order valence-corrected chi connectivity index (χ2v) is 7.93. The van der Waals surface area contributed by atoms with Crippen molar-refractivity contribution in [3.05, 3.63) is 29.8 Å². The predicted octanol–water partition coefficient (Wildman–Crippen LogP) is 1.55. The van der Waals surface area contributed by atoms with Gasteiger partial charge >= 0.3 is 0 Å². The lowest BCUT2D eigenvalue weighted by Gasteiger charge is -2.31. The lowest BCUT2D eigenvalue weighted by atomic mass is 9.98. The minimum Gasteiger partial charge on any atom is -0.352 e. The number of rotatable bonds is 5. The summed E-state index contributed by atoms with van der Waals surface area (Å²) in [6, 6.07) is 6.18. The Labute approximate surface area is 132 Å². The molecule has 22 heavy (non-hydrogen) atoms. The number of benzene rings is 1. The summed E-state index contributed by atoms with van der Waals surface area (Å²) in [5.41, 5.74) is 0.395. The van der Waals surface area contributed by atoms with Crippen molar-refractivity contribution >= 4 is 15.7 Å². The van der Waals surface area contributed by atoms with E-state index in [9.17, 15) is 13.2 Å². The van der Waals surface area contributed by atoms with Crippen molar-refractivity contribution in [3.8, 4) is 0 Å². The summed E-state index contributed by atoms with van der Waals surface area (Å²) in [6.45, 7) is 5.98. The van der Waals surface area contributed by atoms with E-state index in [1.807, 2.05) is 0 Å². The Morgan fingerprint density at radius 1 is 1.41 bits per heavy atom. The first kappa shape index (κ1) is 17.0. The third-order valence-corrected chi connectivity index (χ3v) is 5.24. The van der Waals surface area contributed by atoms with Gasteiger partial charge in [0.25, 0.3) is 5.91 Å². The van der Waals surface area contributed by atoms with Gasteiger partial charge in [0, 0.05) is 24.9 Å². The summed E-state index contributed by atoms with van der Waals surface area (Å²) in [6.07, 6.45) is 3.43. The van der Waals surface area contributed by atoms with Crippen molar-refractivity contribution in [2.24, 2.45) is 5.92 Å². The molecule has 2 rings (SSSR count). The Morgan fingerprint density at radius 2 is 2.18 bits per heavy atom. The molecule has 1 fully saturated rings. The third kappa shape index (κ3) is 4.55. The highest BCUT2D eigenvalue weighted by Gasteiger charge is 2.19. The predicted molar refractivity (Wildman–Crippen MR) is 86.7 cm³/mol. The Morgan fingerprint density at radius 3 is 2.86 bits per heavy atom. The van der Waals surface area contributed by atoms with Crippen LogP contribution in [-0.2, 0) is 9.84 Å². The number of carbonyl (C=O) groups is 1. The normalized spacial score (nSPS) is 19.8. The summed E-state index contributed by atoms with van der Waals surface area (Å²) in [4.78, 5) is 14.8. The fraction of sp³-hybridized carbons (Fsp3) is 0.562. The largest absolute Gasteiger partial charge is 0.352 e. The van der Waals surface area contributed by atoms with Crippen LogP contribution in [0.2, 0.25) is 0 Å². The zero-order chi connectivity index (χ0) is 16.2. The summed E-state index contributed by atoms with van der Waals surface area (Å²) >= 11 is 0. The molecule has 0 aromatic heterocycles. The third-order valence-electron chi connectivity index (χ3n) is 4.13. The summed E-state index contributed by atoms with van der Waals surface area (Å²) < 4.78 is 23.1. The maximum Gasteiger partial charge on any atom is 0.251 e. The monoisotopic (exact) mass is 324 g/mol. The highest BCUT2D eigenvalue weighted by Crippen LogP contribution is 2.16. The molecule has 0 spiro atoms. The molecule has 0 bridgehead atoms. The molecule has 1 heterocycles. The molecule has 0 unspecified atom stereocenters. The molecule has 1 aliphatic heterocycles. The standard InChI is InChI=1S/C16H24N2O3S/c1-3-18-9-5-6-13(12-18)11-17-16(19)14-7-4-8-15(10-14)22(2,20)21/h4,7-8,10,13H,3,5-6,9,11-12H2,1-2H3,(H,17,19)/t13-/m0/s1. The number of nitrogens with zero attached hydrogens (tertiary/aromatic N) is 1. The molecule has 1 aromatic carbocycles. The number of hydrogen-bond donors (Lipinski definition) is 1. The maximum absolute atomic E-state index is 12.2. The first-order valence-corrected chi connectivity index (χ1v) is 9.60. The minimum absolute atomic E-state index is 0.176. The number of likely N-dealkylation sites (tertiary alicyclic amines) is 1. The van der Waals surface area contributed by atoms with Crippen molar-refractivity contribution < 1.29 is 13.2 Å². The van der Waals surface area contributed by atoms with E-state index in [0.29, 0.717) is 18.0 Å². The van der Waals surface area contributed by atoms with E-state index in [2.05, 4.69) is 17.1 Å². The van der Waals surface area contributed by atoms with Gasteiger partial charge in [0.15, 0.2) is 9.84 Å². The molecule has 5 nitrogen and oxygen atoms in total. The highest BCUT2D eigenvalue weighted by molar-refractivity contribution is 7.90. The van der Waals surface area contributed by atoms with Crippen LogP contribution < -0.4 is 5.32 Å². The van der Waals surface area contributed by atoms with Crippen LogP contribution >= 0.6 is 0 Å². The first-order valence-electron chi connectivity index (χ1n) is 7.71. The molecule has 1 aromatic rings. The van der Waals surface area contributed by atoms with Crippen LogP contribution in [0.15, 0.2) is 29.2 Å². The van der Waals surface area contributed by atoms with Crippen LogP contribution in [0.1, 0.15) is 30.1 Å². The molecule has 0 saturated carbocycles. The minimum atomic E-state index is -3.29. The van der Waals surface area contributed by atoms with E-state index in [1.54, 1.807) is 12.1 Å². The number of piperidine rings is 1. The lowest BCUT2D eigenvalue weighted by molar-refractivity contribution is 0.0933. The van der Waals surface area contributed by atoms with Gasteiger partial charge in [-0.1, -0.05) is 13.0 Å². The van der Waals surface area contributed by atoms with Crippen molar-refractivity contribution in [1.29, 1.82) is 0 Å². The van der Waals surface area contributed by atoms with Crippen LogP contribution in [0.5, 0.6) is 0 Å². The van der Waals surface area contributed by atoms with E-state index in [1.165, 1.54) is 12.1 Å². The fourth-order valence-electron chi connectivity index (χ4n) is 2.81. The van der Waals surface area contributed by atoms with E-state index >= 15 is 0 Å². The van der Waals surface area contributed by atoms with Gasteiger partial charge < -0.3 is 10.2 Å². The summed E-state index contributed by atoms with van der Waals surface area (Å²) in [5, 5.41) is 2.93. The maximum atomic E-state index is 12.2. The molecule has 1 aliphatic rings. The first-order chi connectivity index (χ1) is 10.4. The Balaban J connectivity index is 1.95. The molecule has 122 valence electrons. The van der Waals surface area contributed by atoms with Gasteiger partial charge in [-0.05, 0) is 50.0 Å². The fourth-order valence-corrected chi connectivity index (χ4v) is 3.48. The second kappa shape index (κ2) is 7.24. The van der Waals surface area contributed by atoms with Gasteiger partial charge in [0.1, 0.15) is 0 Å². The zero-order valence-electron chi connectivity index (χ0n) is 13.2. The molecular weight excluding hydrogens is 300 g/mol. The van der Waals surface area contributed by atoms with Crippen molar-refractivity contribution in [1.82, 2.24) is 10.2 Å². The van der Waals surface area contributed by atoms with Gasteiger partial charge in [-0.25, -0.2) is 8.42 Å². The lowest BCUT2D eigenvalue weighted by Crippen LogP contribution is -2.40. The van der Waals surface area contributed by atoms with Crippen molar-refractivity contribution in [2.75, 3.05) is 32.4 Å². The highest BCUT2D eigenvalue weighted by atomic mass is 32.2. The van der Waals surface area contributed by atoms with Crippen LogP contribution in [-0.4, -0.2) is 51.7 Å². The van der Waals surface area contributed by atoms with Crippen molar-refractivity contribution in [3.63, 3.8) is 0 Å².